The molecule has 1 aliphatic carbocycles. The van der Waals surface area contributed by atoms with Crippen LogP contribution in [0.15, 0.2) is 41.4 Å². The summed E-state index contributed by atoms with van der Waals surface area (Å²) in [5, 5.41) is 19.7. The Morgan fingerprint density at radius 2 is 1.83 bits per heavy atom. The first-order chi connectivity index (χ1) is 13.8. The van der Waals surface area contributed by atoms with Gasteiger partial charge in [-0.2, -0.15) is 0 Å². The van der Waals surface area contributed by atoms with Crippen molar-refractivity contribution in [1.29, 1.82) is 0 Å². The van der Waals surface area contributed by atoms with Gasteiger partial charge in [-0.25, -0.2) is 0 Å². The number of carbonyl (C=O) groups is 1. The number of thiophene rings is 1. The van der Waals surface area contributed by atoms with Crippen LogP contribution in [0, 0.1) is 0 Å². The normalized spacial score (nSPS) is 15.6. The molecule has 0 saturated heterocycles. The number of aliphatic carboxylic acids is 1. The quantitative estimate of drug-likeness (QED) is 0.519. The number of carboxylic acids is 1. The standard InChI is InChI=1S/C22H23ClN2O3S/c1-12(23)10-17-19(24)20(29-21(17)25)16-8-4-14(5-9-16)13-2-6-15(7-3-13)18(11-26)22(27)28/h2-4,6-8,10,18,26H,5,9,11,24-25H2,1H3,(H,27,28). The van der Waals surface area contributed by atoms with Gasteiger partial charge in [0.25, 0.3) is 0 Å². The van der Waals surface area contributed by atoms with Crippen LogP contribution in [-0.4, -0.2) is 22.8 Å². The summed E-state index contributed by atoms with van der Waals surface area (Å²) in [6.07, 6.45) is 7.57. The average Bonchev–Trinajstić information content (AvgIpc) is 2.97. The number of hydrogen-bond donors (Lipinski definition) is 4. The predicted octanol–water partition coefficient (Wildman–Crippen LogP) is 4.93. The van der Waals surface area contributed by atoms with E-state index in [0.717, 1.165) is 40.0 Å². The molecule has 7 heteroatoms. The van der Waals surface area contributed by atoms with E-state index in [1.807, 2.05) is 12.1 Å². The van der Waals surface area contributed by atoms with E-state index in [1.165, 1.54) is 11.3 Å². The van der Waals surface area contributed by atoms with Crippen LogP contribution in [0.3, 0.4) is 0 Å². The van der Waals surface area contributed by atoms with Crippen molar-refractivity contribution >= 4 is 56.8 Å². The van der Waals surface area contributed by atoms with Crippen LogP contribution in [0.5, 0.6) is 0 Å². The molecular formula is C22H23ClN2O3S. The van der Waals surface area contributed by atoms with Gasteiger partial charge >= 0.3 is 5.97 Å². The van der Waals surface area contributed by atoms with Gasteiger partial charge in [-0.1, -0.05) is 48.0 Å². The third-order valence-electron chi connectivity index (χ3n) is 4.96. The first-order valence-electron chi connectivity index (χ1n) is 9.17. The molecule has 1 aromatic heterocycles. The molecule has 1 aromatic carbocycles. The molecule has 0 fully saturated rings. The summed E-state index contributed by atoms with van der Waals surface area (Å²) < 4.78 is 0. The van der Waals surface area contributed by atoms with Crippen molar-refractivity contribution in [3.05, 3.63) is 63.0 Å². The Labute approximate surface area is 178 Å². The first kappa shape index (κ1) is 21.2. The number of allylic oxidation sites excluding steroid dienone is 5. The fraction of sp³-hybridized carbons (Fsp3) is 0.227. The van der Waals surface area contributed by atoms with Gasteiger partial charge in [0.15, 0.2) is 0 Å². The van der Waals surface area contributed by atoms with Crippen LogP contribution in [0.2, 0.25) is 0 Å². The van der Waals surface area contributed by atoms with Crippen molar-refractivity contribution < 1.29 is 15.0 Å². The maximum absolute atomic E-state index is 11.2. The number of rotatable bonds is 6. The molecule has 3 rings (SSSR count). The predicted molar refractivity (Wildman–Crippen MR) is 122 cm³/mol. The molecule has 152 valence electrons. The maximum Gasteiger partial charge on any atom is 0.313 e. The zero-order valence-corrected chi connectivity index (χ0v) is 17.6. The molecule has 0 amide bonds. The lowest BCUT2D eigenvalue weighted by molar-refractivity contribution is -0.139. The Bertz CT molecular complexity index is 1020. The second kappa shape index (κ2) is 8.86. The van der Waals surface area contributed by atoms with Gasteiger partial charge in [-0.05, 0) is 48.1 Å². The minimum Gasteiger partial charge on any atom is -0.481 e. The molecule has 29 heavy (non-hydrogen) atoms. The van der Waals surface area contributed by atoms with E-state index in [1.54, 1.807) is 25.1 Å². The highest BCUT2D eigenvalue weighted by Crippen LogP contribution is 2.43. The average molecular weight is 431 g/mol. The third kappa shape index (κ3) is 4.56. The van der Waals surface area contributed by atoms with Gasteiger partial charge in [0.2, 0.25) is 0 Å². The summed E-state index contributed by atoms with van der Waals surface area (Å²) in [6, 6.07) is 7.31. The first-order valence-corrected chi connectivity index (χ1v) is 10.4. The fourth-order valence-corrected chi connectivity index (χ4v) is 4.51. The van der Waals surface area contributed by atoms with E-state index >= 15 is 0 Å². The number of halogens is 1. The van der Waals surface area contributed by atoms with Crippen molar-refractivity contribution in [2.24, 2.45) is 0 Å². The molecule has 1 aliphatic rings. The maximum atomic E-state index is 11.2. The number of aliphatic hydroxyl groups excluding tert-OH is 1. The van der Waals surface area contributed by atoms with Gasteiger partial charge < -0.3 is 21.7 Å². The number of hydrogen-bond acceptors (Lipinski definition) is 5. The summed E-state index contributed by atoms with van der Waals surface area (Å²) in [7, 11) is 0. The molecular weight excluding hydrogens is 408 g/mol. The van der Waals surface area contributed by atoms with Crippen molar-refractivity contribution in [2.75, 3.05) is 18.1 Å². The van der Waals surface area contributed by atoms with Crippen molar-refractivity contribution in [1.82, 2.24) is 0 Å². The van der Waals surface area contributed by atoms with E-state index in [4.69, 9.17) is 28.2 Å². The monoisotopic (exact) mass is 430 g/mol. The molecule has 0 aliphatic heterocycles. The van der Waals surface area contributed by atoms with E-state index in [-0.39, 0.29) is 0 Å². The smallest absolute Gasteiger partial charge is 0.313 e. The third-order valence-corrected chi connectivity index (χ3v) is 6.20. The van der Waals surface area contributed by atoms with Gasteiger partial charge in [0, 0.05) is 10.6 Å². The summed E-state index contributed by atoms with van der Waals surface area (Å²) in [4.78, 5) is 12.2. The molecule has 5 nitrogen and oxygen atoms in total. The van der Waals surface area contributed by atoms with Gasteiger partial charge in [-0.3, -0.25) is 4.79 Å². The fourth-order valence-electron chi connectivity index (χ4n) is 3.38. The largest absolute Gasteiger partial charge is 0.481 e. The van der Waals surface area contributed by atoms with Crippen LogP contribution in [0.25, 0.3) is 17.2 Å². The highest BCUT2D eigenvalue weighted by atomic mass is 35.5. The minimum absolute atomic E-state index is 0.421. The van der Waals surface area contributed by atoms with E-state index in [9.17, 15) is 9.90 Å². The molecule has 0 saturated carbocycles. The molecule has 6 N–H and O–H groups in total. The van der Waals surface area contributed by atoms with Gasteiger partial charge in [-0.15, -0.1) is 11.3 Å². The van der Waals surface area contributed by atoms with Gasteiger partial charge in [0.05, 0.1) is 22.2 Å². The number of nitrogens with two attached hydrogens (primary N) is 2. The number of anilines is 2. The number of aliphatic hydroxyl groups is 1. The highest BCUT2D eigenvalue weighted by Gasteiger charge is 2.20. The second-order valence-electron chi connectivity index (χ2n) is 6.93. The topological polar surface area (TPSA) is 110 Å². The van der Waals surface area contributed by atoms with E-state index in [2.05, 4.69) is 12.2 Å². The zero-order chi connectivity index (χ0) is 21.1. The van der Waals surface area contributed by atoms with Crippen LogP contribution >= 0.6 is 22.9 Å². The van der Waals surface area contributed by atoms with Crippen LogP contribution in [0.4, 0.5) is 10.7 Å². The molecule has 1 heterocycles. The minimum atomic E-state index is -1.03. The van der Waals surface area contributed by atoms with Crippen molar-refractivity contribution in [3.63, 3.8) is 0 Å². The molecule has 2 aromatic rings. The Balaban J connectivity index is 1.85. The number of nitrogen functional groups attached to an aromatic ring is 2. The highest BCUT2D eigenvalue weighted by molar-refractivity contribution is 7.18. The van der Waals surface area contributed by atoms with Crippen LogP contribution < -0.4 is 11.5 Å². The van der Waals surface area contributed by atoms with E-state index in [0.29, 0.717) is 21.3 Å². The lowest BCUT2D eigenvalue weighted by Crippen LogP contribution is -2.15. The Morgan fingerprint density at radius 3 is 2.34 bits per heavy atom. The van der Waals surface area contributed by atoms with Crippen LogP contribution in [-0.2, 0) is 4.79 Å². The van der Waals surface area contributed by atoms with Crippen molar-refractivity contribution in [2.45, 2.75) is 25.7 Å². The van der Waals surface area contributed by atoms with Crippen LogP contribution in [0.1, 0.15) is 47.3 Å². The van der Waals surface area contributed by atoms with E-state index < -0.39 is 18.5 Å². The summed E-state index contributed by atoms with van der Waals surface area (Å²) in [5.74, 6) is -1.93. The summed E-state index contributed by atoms with van der Waals surface area (Å²) >= 11 is 7.45. The van der Waals surface area contributed by atoms with Crippen molar-refractivity contribution in [3.8, 4) is 0 Å². The molecule has 1 unspecified atom stereocenters. The van der Waals surface area contributed by atoms with Gasteiger partial charge in [0.1, 0.15) is 5.92 Å². The number of benzene rings is 1. The lowest BCUT2D eigenvalue weighted by atomic mass is 9.90. The Hall–Kier alpha value is -2.54. The number of carboxylic acid groups (broad SMARTS) is 1. The molecule has 0 radical (unpaired) electrons. The Kier molecular flexibility index (Phi) is 6.47. The summed E-state index contributed by atoms with van der Waals surface area (Å²) in [5.41, 5.74) is 17.8. The molecule has 0 spiro atoms. The Morgan fingerprint density at radius 1 is 1.21 bits per heavy atom. The molecule has 1 atom stereocenters. The second-order valence-corrected chi connectivity index (χ2v) is 8.58. The zero-order valence-electron chi connectivity index (χ0n) is 16.0. The lowest BCUT2D eigenvalue weighted by Gasteiger charge is -2.16. The summed E-state index contributed by atoms with van der Waals surface area (Å²) in [6.45, 7) is 1.37. The SMILES string of the molecule is CC(Cl)=Cc1c(N)sc(C2=CC=C(c3ccc(C(CO)C(=O)O)cc3)CC2)c1N. The molecule has 0 bridgehead atoms.